The van der Waals surface area contributed by atoms with Crippen molar-refractivity contribution in [2.24, 2.45) is 5.41 Å². The van der Waals surface area contributed by atoms with E-state index in [1.165, 1.54) is 11.1 Å². The van der Waals surface area contributed by atoms with Crippen molar-refractivity contribution in [1.29, 1.82) is 5.26 Å². The first-order chi connectivity index (χ1) is 8.03. The molecule has 1 N–H and O–H groups in total. The Labute approximate surface area is 105 Å². The third kappa shape index (κ3) is 5.51. The molecule has 0 radical (unpaired) electrons. The molecule has 0 atom stereocenters. The van der Waals surface area contributed by atoms with E-state index in [1.54, 1.807) is 0 Å². The SMILES string of the molecule is Cc1ccc(CNCCCC(C)(C)C#N)cc1. The van der Waals surface area contributed by atoms with Crippen LogP contribution in [0.25, 0.3) is 0 Å². The van der Waals surface area contributed by atoms with Crippen LogP contribution in [-0.2, 0) is 6.54 Å². The molecule has 0 unspecified atom stereocenters. The van der Waals surface area contributed by atoms with Gasteiger partial charge in [-0.05, 0) is 45.7 Å². The molecule has 0 heterocycles. The second kappa shape index (κ2) is 6.42. The highest BCUT2D eigenvalue weighted by Gasteiger charge is 2.15. The van der Waals surface area contributed by atoms with E-state index < -0.39 is 0 Å². The first kappa shape index (κ1) is 13.7. The van der Waals surface area contributed by atoms with Crippen LogP contribution < -0.4 is 5.32 Å². The van der Waals surface area contributed by atoms with Crippen molar-refractivity contribution in [1.82, 2.24) is 5.32 Å². The van der Waals surface area contributed by atoms with E-state index in [4.69, 9.17) is 5.26 Å². The van der Waals surface area contributed by atoms with Crippen molar-refractivity contribution in [3.05, 3.63) is 35.4 Å². The normalized spacial score (nSPS) is 11.2. The van der Waals surface area contributed by atoms with Crippen molar-refractivity contribution in [2.45, 2.75) is 40.2 Å². The van der Waals surface area contributed by atoms with Gasteiger partial charge >= 0.3 is 0 Å². The molecule has 0 bridgehead atoms. The van der Waals surface area contributed by atoms with Crippen molar-refractivity contribution < 1.29 is 0 Å². The van der Waals surface area contributed by atoms with Crippen molar-refractivity contribution in [3.8, 4) is 6.07 Å². The van der Waals surface area contributed by atoms with Gasteiger partial charge in [0, 0.05) is 6.54 Å². The maximum Gasteiger partial charge on any atom is 0.0683 e. The van der Waals surface area contributed by atoms with E-state index >= 15 is 0 Å². The fourth-order valence-corrected chi connectivity index (χ4v) is 1.65. The summed E-state index contributed by atoms with van der Waals surface area (Å²) < 4.78 is 0. The van der Waals surface area contributed by atoms with Gasteiger partial charge in [0.25, 0.3) is 0 Å². The van der Waals surface area contributed by atoms with E-state index in [0.717, 1.165) is 25.9 Å². The van der Waals surface area contributed by atoms with Crippen molar-refractivity contribution >= 4 is 0 Å². The molecule has 1 rings (SSSR count). The van der Waals surface area contributed by atoms with Gasteiger partial charge in [-0.15, -0.1) is 0 Å². The molecule has 2 heteroatoms. The van der Waals surface area contributed by atoms with Gasteiger partial charge in [-0.2, -0.15) is 5.26 Å². The molecule has 0 aliphatic carbocycles. The molecule has 0 aromatic heterocycles. The lowest BCUT2D eigenvalue weighted by Crippen LogP contribution is -2.17. The summed E-state index contributed by atoms with van der Waals surface area (Å²) >= 11 is 0. The lowest BCUT2D eigenvalue weighted by molar-refractivity contribution is 0.426. The predicted molar refractivity (Wildman–Crippen MR) is 71.5 cm³/mol. The number of nitrogens with one attached hydrogen (secondary N) is 1. The van der Waals surface area contributed by atoms with Gasteiger partial charge in [0.1, 0.15) is 0 Å². The standard InChI is InChI=1S/C15H22N2/c1-13-5-7-14(8-6-13)11-17-10-4-9-15(2,3)12-16/h5-8,17H,4,9-11H2,1-3H3. The molecule has 0 aliphatic heterocycles. The molecular weight excluding hydrogens is 208 g/mol. The first-order valence-electron chi connectivity index (χ1n) is 6.21. The minimum absolute atomic E-state index is 0.189. The van der Waals surface area contributed by atoms with E-state index in [9.17, 15) is 0 Å². The summed E-state index contributed by atoms with van der Waals surface area (Å²) in [5, 5.41) is 12.3. The third-order valence-corrected chi connectivity index (χ3v) is 2.91. The quantitative estimate of drug-likeness (QED) is 0.760. The average molecular weight is 230 g/mol. The van der Waals surface area contributed by atoms with Gasteiger partial charge in [-0.25, -0.2) is 0 Å². The highest BCUT2D eigenvalue weighted by Crippen LogP contribution is 2.19. The Kier molecular flexibility index (Phi) is 5.18. The van der Waals surface area contributed by atoms with Crippen LogP contribution in [0, 0.1) is 23.7 Å². The van der Waals surface area contributed by atoms with Crippen LogP contribution in [-0.4, -0.2) is 6.54 Å². The second-order valence-corrected chi connectivity index (χ2v) is 5.26. The third-order valence-electron chi connectivity index (χ3n) is 2.91. The minimum Gasteiger partial charge on any atom is -0.313 e. The highest BCUT2D eigenvalue weighted by atomic mass is 14.8. The average Bonchev–Trinajstić information content (AvgIpc) is 2.31. The van der Waals surface area contributed by atoms with Crippen molar-refractivity contribution in [3.63, 3.8) is 0 Å². The number of aryl methyl sites for hydroxylation is 1. The topological polar surface area (TPSA) is 35.8 Å². The van der Waals surface area contributed by atoms with E-state index in [2.05, 4.69) is 42.6 Å². The first-order valence-corrected chi connectivity index (χ1v) is 6.21. The van der Waals surface area contributed by atoms with Gasteiger partial charge in [-0.3, -0.25) is 0 Å². The van der Waals surface area contributed by atoms with Crippen molar-refractivity contribution in [2.75, 3.05) is 6.54 Å². The number of rotatable bonds is 6. The van der Waals surface area contributed by atoms with Crippen LogP contribution >= 0.6 is 0 Å². The molecule has 0 spiro atoms. The van der Waals surface area contributed by atoms with Crippen LogP contribution in [0.5, 0.6) is 0 Å². The summed E-state index contributed by atoms with van der Waals surface area (Å²) in [5.41, 5.74) is 2.42. The van der Waals surface area contributed by atoms with Gasteiger partial charge < -0.3 is 5.32 Å². The molecular formula is C15H22N2. The molecule has 0 saturated heterocycles. The smallest absolute Gasteiger partial charge is 0.0683 e. The van der Waals surface area contributed by atoms with Crippen LogP contribution in [0.2, 0.25) is 0 Å². The maximum atomic E-state index is 8.88. The van der Waals surface area contributed by atoms with Gasteiger partial charge in [-0.1, -0.05) is 29.8 Å². The fraction of sp³-hybridized carbons (Fsp3) is 0.533. The lowest BCUT2D eigenvalue weighted by Gasteiger charge is -2.14. The van der Waals surface area contributed by atoms with Gasteiger partial charge in [0.2, 0.25) is 0 Å². The van der Waals surface area contributed by atoms with Crippen LogP contribution in [0.15, 0.2) is 24.3 Å². The summed E-state index contributed by atoms with van der Waals surface area (Å²) in [4.78, 5) is 0. The minimum atomic E-state index is -0.189. The molecule has 2 nitrogen and oxygen atoms in total. The summed E-state index contributed by atoms with van der Waals surface area (Å²) in [6, 6.07) is 10.9. The van der Waals surface area contributed by atoms with Crippen LogP contribution in [0.3, 0.4) is 0 Å². The fourth-order valence-electron chi connectivity index (χ4n) is 1.65. The van der Waals surface area contributed by atoms with E-state index in [1.807, 2.05) is 13.8 Å². The lowest BCUT2D eigenvalue weighted by atomic mass is 9.90. The molecule has 0 saturated carbocycles. The highest BCUT2D eigenvalue weighted by molar-refractivity contribution is 5.20. The zero-order chi connectivity index (χ0) is 12.7. The molecule has 17 heavy (non-hydrogen) atoms. The van der Waals surface area contributed by atoms with Gasteiger partial charge in [0.15, 0.2) is 0 Å². The van der Waals surface area contributed by atoms with Crippen LogP contribution in [0.4, 0.5) is 0 Å². The summed E-state index contributed by atoms with van der Waals surface area (Å²) in [6.07, 6.45) is 2.00. The van der Waals surface area contributed by atoms with Crippen LogP contribution in [0.1, 0.15) is 37.8 Å². The Hall–Kier alpha value is -1.33. The molecule has 0 fully saturated rings. The number of nitriles is 1. The Balaban J connectivity index is 2.17. The molecule has 1 aromatic rings. The zero-order valence-corrected chi connectivity index (χ0v) is 11.1. The number of hydrogen-bond donors (Lipinski definition) is 1. The second-order valence-electron chi connectivity index (χ2n) is 5.26. The maximum absolute atomic E-state index is 8.88. The van der Waals surface area contributed by atoms with E-state index in [-0.39, 0.29) is 5.41 Å². The Morgan fingerprint density at radius 3 is 2.47 bits per heavy atom. The zero-order valence-electron chi connectivity index (χ0n) is 11.1. The summed E-state index contributed by atoms with van der Waals surface area (Å²) in [6.45, 7) is 7.97. The molecule has 92 valence electrons. The molecule has 1 aromatic carbocycles. The largest absolute Gasteiger partial charge is 0.313 e. The van der Waals surface area contributed by atoms with E-state index in [0.29, 0.717) is 0 Å². The molecule has 0 aliphatic rings. The number of benzene rings is 1. The Morgan fingerprint density at radius 1 is 1.24 bits per heavy atom. The number of nitrogens with zero attached hydrogens (tertiary/aromatic N) is 1. The number of hydrogen-bond acceptors (Lipinski definition) is 2. The van der Waals surface area contributed by atoms with Gasteiger partial charge in [0.05, 0.1) is 11.5 Å². The Bertz CT molecular complexity index is 371. The monoisotopic (exact) mass is 230 g/mol. The predicted octanol–water partition coefficient (Wildman–Crippen LogP) is 3.41. The summed E-state index contributed by atoms with van der Waals surface area (Å²) in [5.74, 6) is 0. The molecule has 0 amide bonds. The summed E-state index contributed by atoms with van der Waals surface area (Å²) in [7, 11) is 0. The Morgan fingerprint density at radius 2 is 1.88 bits per heavy atom.